The Bertz CT molecular complexity index is 516. The average molecular weight is 264 g/mol. The molecule has 0 bridgehead atoms. The summed E-state index contributed by atoms with van der Waals surface area (Å²) < 4.78 is 1.89. The van der Waals surface area contributed by atoms with Crippen LogP contribution in [0.3, 0.4) is 0 Å². The number of nitrogen functional groups attached to an aromatic ring is 1. The van der Waals surface area contributed by atoms with Crippen molar-refractivity contribution in [3.8, 4) is 0 Å². The lowest BCUT2D eigenvalue weighted by molar-refractivity contribution is 0.514. The van der Waals surface area contributed by atoms with Crippen LogP contribution in [0.1, 0.15) is 31.4 Å². The van der Waals surface area contributed by atoms with Crippen molar-refractivity contribution in [2.75, 3.05) is 5.73 Å². The molecule has 18 heavy (non-hydrogen) atoms. The molecule has 2 N–H and O–H groups in total. The molecule has 0 aliphatic heterocycles. The van der Waals surface area contributed by atoms with Gasteiger partial charge in [0.25, 0.3) is 0 Å². The summed E-state index contributed by atoms with van der Waals surface area (Å²) in [6.07, 6.45) is 1.57. The van der Waals surface area contributed by atoms with Gasteiger partial charge in [-0.25, -0.2) is 19.6 Å². The molecular weight excluding hydrogens is 248 g/mol. The van der Waals surface area contributed by atoms with Crippen LogP contribution in [0.5, 0.6) is 0 Å². The molecule has 96 valence electrons. The van der Waals surface area contributed by atoms with Gasteiger partial charge in [0.05, 0.1) is 5.75 Å². The first-order valence-electron chi connectivity index (χ1n) is 5.68. The van der Waals surface area contributed by atoms with E-state index in [1.165, 1.54) is 11.8 Å². The Morgan fingerprint density at radius 2 is 2.17 bits per heavy atom. The first-order valence-corrected chi connectivity index (χ1v) is 6.67. The Kier molecular flexibility index (Phi) is 3.81. The summed E-state index contributed by atoms with van der Waals surface area (Å²) in [6, 6.07) is 2.05. The van der Waals surface area contributed by atoms with E-state index in [4.69, 9.17) is 5.73 Å². The van der Waals surface area contributed by atoms with E-state index >= 15 is 0 Å². The van der Waals surface area contributed by atoms with E-state index in [-0.39, 0.29) is 0 Å². The van der Waals surface area contributed by atoms with Crippen LogP contribution >= 0.6 is 11.8 Å². The van der Waals surface area contributed by atoms with E-state index in [0.717, 1.165) is 11.5 Å². The van der Waals surface area contributed by atoms with Crippen molar-refractivity contribution in [3.63, 3.8) is 0 Å². The quantitative estimate of drug-likeness (QED) is 0.670. The van der Waals surface area contributed by atoms with Gasteiger partial charge in [-0.1, -0.05) is 11.8 Å². The van der Waals surface area contributed by atoms with E-state index in [0.29, 0.717) is 22.8 Å². The van der Waals surface area contributed by atoms with Crippen molar-refractivity contribution in [1.29, 1.82) is 0 Å². The Morgan fingerprint density at radius 1 is 1.39 bits per heavy atom. The third-order valence-electron chi connectivity index (χ3n) is 2.32. The molecule has 0 aliphatic carbocycles. The van der Waals surface area contributed by atoms with Gasteiger partial charge in [-0.05, 0) is 20.8 Å². The Morgan fingerprint density at radius 3 is 2.83 bits per heavy atom. The SMILES string of the molecule is Cc1cc(N)nc(SCc2ncnn2C(C)C)n1. The summed E-state index contributed by atoms with van der Waals surface area (Å²) in [7, 11) is 0. The Balaban J connectivity index is 2.09. The van der Waals surface area contributed by atoms with Crippen LogP contribution in [0.2, 0.25) is 0 Å². The minimum Gasteiger partial charge on any atom is -0.384 e. The summed E-state index contributed by atoms with van der Waals surface area (Å²) >= 11 is 1.51. The fourth-order valence-corrected chi connectivity index (χ4v) is 2.41. The van der Waals surface area contributed by atoms with E-state index in [1.807, 2.05) is 11.6 Å². The molecule has 0 saturated heterocycles. The van der Waals surface area contributed by atoms with Crippen molar-refractivity contribution in [3.05, 3.63) is 23.9 Å². The second-order valence-electron chi connectivity index (χ2n) is 4.22. The van der Waals surface area contributed by atoms with E-state index in [1.54, 1.807) is 12.4 Å². The normalized spacial score (nSPS) is 11.1. The highest BCUT2D eigenvalue weighted by Crippen LogP contribution is 2.20. The summed E-state index contributed by atoms with van der Waals surface area (Å²) in [5, 5.41) is 4.86. The molecule has 0 unspecified atom stereocenters. The smallest absolute Gasteiger partial charge is 0.190 e. The van der Waals surface area contributed by atoms with E-state index < -0.39 is 0 Å². The minimum absolute atomic E-state index is 0.298. The second-order valence-corrected chi connectivity index (χ2v) is 5.16. The lowest BCUT2D eigenvalue weighted by atomic mass is 10.4. The minimum atomic E-state index is 0.298. The van der Waals surface area contributed by atoms with Gasteiger partial charge in [0, 0.05) is 17.8 Å². The fourth-order valence-electron chi connectivity index (χ4n) is 1.57. The van der Waals surface area contributed by atoms with Crippen molar-refractivity contribution in [2.45, 2.75) is 37.7 Å². The molecule has 2 rings (SSSR count). The van der Waals surface area contributed by atoms with Crippen LogP contribution < -0.4 is 5.73 Å². The molecule has 0 saturated carbocycles. The average Bonchev–Trinajstić information content (AvgIpc) is 2.73. The van der Waals surface area contributed by atoms with Crippen LogP contribution in [0, 0.1) is 6.92 Å². The molecule has 0 radical (unpaired) electrons. The highest BCUT2D eigenvalue weighted by atomic mass is 32.2. The molecule has 0 aromatic carbocycles. The fraction of sp³-hybridized carbons (Fsp3) is 0.455. The second kappa shape index (κ2) is 5.34. The molecule has 2 aromatic heterocycles. The van der Waals surface area contributed by atoms with Crippen LogP contribution in [-0.4, -0.2) is 24.7 Å². The van der Waals surface area contributed by atoms with E-state index in [2.05, 4.69) is 33.9 Å². The van der Waals surface area contributed by atoms with Gasteiger partial charge < -0.3 is 5.73 Å². The number of nitrogens with two attached hydrogens (primary N) is 1. The third kappa shape index (κ3) is 2.98. The standard InChI is InChI=1S/C11H16N6S/c1-7(2)17-10(13-6-14-17)5-18-11-15-8(3)4-9(12)16-11/h4,6-7H,5H2,1-3H3,(H2,12,15,16). The Labute approximate surface area is 110 Å². The van der Waals surface area contributed by atoms with Crippen molar-refractivity contribution < 1.29 is 0 Å². The summed E-state index contributed by atoms with van der Waals surface area (Å²) in [5.41, 5.74) is 6.56. The van der Waals surface area contributed by atoms with Crippen LogP contribution in [0.15, 0.2) is 17.6 Å². The number of hydrogen-bond acceptors (Lipinski definition) is 6. The molecule has 7 heteroatoms. The zero-order valence-electron chi connectivity index (χ0n) is 10.7. The number of rotatable bonds is 4. The summed E-state index contributed by atoms with van der Waals surface area (Å²) in [6.45, 7) is 6.05. The van der Waals surface area contributed by atoms with Gasteiger partial charge in [0.1, 0.15) is 18.0 Å². The number of aryl methyl sites for hydroxylation is 1. The van der Waals surface area contributed by atoms with Gasteiger partial charge in [-0.15, -0.1) is 0 Å². The van der Waals surface area contributed by atoms with Crippen molar-refractivity contribution >= 4 is 17.6 Å². The number of hydrogen-bond donors (Lipinski definition) is 1. The lowest BCUT2D eigenvalue weighted by Crippen LogP contribution is -2.07. The van der Waals surface area contributed by atoms with Crippen LogP contribution in [0.4, 0.5) is 5.82 Å². The number of anilines is 1. The van der Waals surface area contributed by atoms with Crippen molar-refractivity contribution in [2.24, 2.45) is 0 Å². The monoisotopic (exact) mass is 264 g/mol. The van der Waals surface area contributed by atoms with E-state index in [9.17, 15) is 0 Å². The lowest BCUT2D eigenvalue weighted by Gasteiger charge is -2.08. The zero-order valence-corrected chi connectivity index (χ0v) is 11.5. The van der Waals surface area contributed by atoms with Gasteiger partial charge in [-0.2, -0.15) is 5.10 Å². The Hall–Kier alpha value is -1.63. The maximum absolute atomic E-state index is 5.69. The molecule has 2 aromatic rings. The summed E-state index contributed by atoms with van der Waals surface area (Å²) in [4.78, 5) is 12.7. The zero-order chi connectivity index (χ0) is 13.1. The van der Waals surface area contributed by atoms with Gasteiger partial charge >= 0.3 is 0 Å². The third-order valence-corrected chi connectivity index (χ3v) is 3.16. The van der Waals surface area contributed by atoms with Crippen molar-refractivity contribution in [1.82, 2.24) is 24.7 Å². The molecule has 6 nitrogen and oxygen atoms in total. The largest absolute Gasteiger partial charge is 0.384 e. The van der Waals surface area contributed by atoms with Gasteiger partial charge in [0.15, 0.2) is 5.16 Å². The maximum Gasteiger partial charge on any atom is 0.190 e. The predicted octanol–water partition coefficient (Wildman–Crippen LogP) is 1.83. The van der Waals surface area contributed by atoms with Gasteiger partial charge in [-0.3, -0.25) is 0 Å². The number of aromatic nitrogens is 5. The molecule has 0 spiro atoms. The van der Waals surface area contributed by atoms with Crippen LogP contribution in [-0.2, 0) is 5.75 Å². The number of nitrogens with zero attached hydrogens (tertiary/aromatic N) is 5. The maximum atomic E-state index is 5.69. The van der Waals surface area contributed by atoms with Crippen LogP contribution in [0.25, 0.3) is 0 Å². The first kappa shape index (κ1) is 12.8. The molecule has 0 atom stereocenters. The highest BCUT2D eigenvalue weighted by Gasteiger charge is 2.09. The first-order chi connectivity index (χ1) is 8.56. The molecule has 0 fully saturated rings. The molecule has 0 aliphatic rings. The predicted molar refractivity (Wildman–Crippen MR) is 71.1 cm³/mol. The molecular formula is C11H16N6S. The molecule has 0 amide bonds. The summed E-state index contributed by atoms with van der Waals surface area (Å²) in [5.74, 6) is 2.09. The number of thioether (sulfide) groups is 1. The molecule has 2 heterocycles. The van der Waals surface area contributed by atoms with Gasteiger partial charge in [0.2, 0.25) is 0 Å². The topological polar surface area (TPSA) is 82.5 Å². The highest BCUT2D eigenvalue weighted by molar-refractivity contribution is 7.98.